The molecule has 0 saturated carbocycles. The lowest BCUT2D eigenvalue weighted by Gasteiger charge is -2.02. The van der Waals surface area contributed by atoms with E-state index < -0.39 is 0 Å². The van der Waals surface area contributed by atoms with Gasteiger partial charge in [-0.2, -0.15) is 0 Å². The topological polar surface area (TPSA) is 9.23 Å². The van der Waals surface area contributed by atoms with Crippen molar-refractivity contribution in [2.75, 3.05) is 7.11 Å². The van der Waals surface area contributed by atoms with Gasteiger partial charge in [0.1, 0.15) is 5.75 Å². The Bertz CT molecular complexity index is 517. The van der Waals surface area contributed by atoms with Crippen molar-refractivity contribution >= 4 is 21.4 Å². The molecule has 0 bridgehead atoms. The highest BCUT2D eigenvalue weighted by atomic mass is 32.1. The zero-order chi connectivity index (χ0) is 10.1. The van der Waals surface area contributed by atoms with Crippen molar-refractivity contribution < 1.29 is 4.74 Å². The van der Waals surface area contributed by atoms with Crippen LogP contribution in [-0.4, -0.2) is 7.11 Å². The minimum Gasteiger partial charge on any atom is -0.495 e. The molecule has 0 aliphatic rings. The van der Waals surface area contributed by atoms with Gasteiger partial charge in [0.25, 0.3) is 0 Å². The molecule has 1 aromatic heterocycles. The largest absolute Gasteiger partial charge is 0.495 e. The van der Waals surface area contributed by atoms with Crippen LogP contribution in [0.4, 0.5) is 0 Å². The van der Waals surface area contributed by atoms with Crippen LogP contribution in [0.3, 0.4) is 0 Å². The number of fused-ring (bicyclic) bond motifs is 1. The Morgan fingerprint density at radius 1 is 1.36 bits per heavy atom. The summed E-state index contributed by atoms with van der Waals surface area (Å²) in [6.07, 6.45) is 5.36. The second-order valence-electron chi connectivity index (χ2n) is 3.14. The highest BCUT2D eigenvalue weighted by molar-refractivity contribution is 7.20. The molecule has 1 heterocycles. The van der Waals surface area contributed by atoms with Gasteiger partial charge in [-0.05, 0) is 30.0 Å². The van der Waals surface area contributed by atoms with Crippen LogP contribution in [0.2, 0.25) is 0 Å². The maximum absolute atomic E-state index is 5.36. The average molecular weight is 202 g/mol. The first-order chi connectivity index (χ1) is 6.74. The lowest BCUT2D eigenvalue weighted by atomic mass is 10.2. The molecule has 1 nitrogen and oxygen atoms in total. The fourth-order valence-electron chi connectivity index (χ4n) is 1.49. The van der Waals surface area contributed by atoms with Crippen LogP contribution in [0.1, 0.15) is 10.4 Å². The summed E-state index contributed by atoms with van der Waals surface area (Å²) in [5, 5.41) is 1.17. The zero-order valence-corrected chi connectivity index (χ0v) is 8.94. The number of thiophene rings is 1. The number of hydrogen-bond acceptors (Lipinski definition) is 2. The van der Waals surface area contributed by atoms with Crippen LogP contribution in [0.5, 0.6) is 5.75 Å². The Labute approximate surface area is 87.3 Å². The SMILES string of the molecule is C#Cc1cc2cc(C)cc(OC)c2s1. The van der Waals surface area contributed by atoms with Crippen LogP contribution in [0, 0.1) is 19.3 Å². The van der Waals surface area contributed by atoms with E-state index >= 15 is 0 Å². The second-order valence-corrected chi connectivity index (χ2v) is 4.19. The van der Waals surface area contributed by atoms with Gasteiger partial charge in [-0.25, -0.2) is 0 Å². The number of hydrogen-bond donors (Lipinski definition) is 0. The molecule has 0 radical (unpaired) electrons. The lowest BCUT2D eigenvalue weighted by molar-refractivity contribution is 0.420. The second kappa shape index (κ2) is 3.36. The predicted molar refractivity (Wildman–Crippen MR) is 61.0 cm³/mol. The standard InChI is InChI=1S/C12H10OS/c1-4-10-7-9-5-8(2)6-11(13-3)12(9)14-10/h1,5-7H,2-3H3. The monoisotopic (exact) mass is 202 g/mol. The van der Waals surface area contributed by atoms with E-state index in [1.165, 1.54) is 10.9 Å². The van der Waals surface area contributed by atoms with Crippen molar-refractivity contribution in [2.45, 2.75) is 6.92 Å². The number of aryl methyl sites for hydroxylation is 1. The summed E-state index contributed by atoms with van der Waals surface area (Å²) in [5.41, 5.74) is 1.19. The van der Waals surface area contributed by atoms with E-state index in [4.69, 9.17) is 11.2 Å². The quantitative estimate of drug-likeness (QED) is 0.645. The van der Waals surface area contributed by atoms with Gasteiger partial charge in [-0.3, -0.25) is 0 Å². The Morgan fingerprint density at radius 3 is 2.79 bits per heavy atom. The van der Waals surface area contributed by atoms with Crippen LogP contribution in [0.15, 0.2) is 18.2 Å². The van der Waals surface area contributed by atoms with Gasteiger partial charge in [0.15, 0.2) is 0 Å². The summed E-state index contributed by atoms with van der Waals surface area (Å²) in [5.74, 6) is 3.56. The fraction of sp³-hybridized carbons (Fsp3) is 0.167. The minimum atomic E-state index is 0.909. The molecule has 2 heteroatoms. The molecule has 0 fully saturated rings. The van der Waals surface area contributed by atoms with Crippen molar-refractivity contribution in [3.05, 3.63) is 28.6 Å². The van der Waals surface area contributed by atoms with Crippen molar-refractivity contribution in [3.63, 3.8) is 0 Å². The first kappa shape index (κ1) is 9.11. The number of benzene rings is 1. The van der Waals surface area contributed by atoms with Gasteiger partial charge in [-0.15, -0.1) is 17.8 Å². The summed E-state index contributed by atoms with van der Waals surface area (Å²) in [7, 11) is 1.68. The maximum Gasteiger partial charge on any atom is 0.136 e. The number of terminal acetylenes is 1. The molecular formula is C12H10OS. The highest BCUT2D eigenvalue weighted by Gasteiger charge is 2.06. The third kappa shape index (κ3) is 1.36. The van der Waals surface area contributed by atoms with Gasteiger partial charge >= 0.3 is 0 Å². The first-order valence-electron chi connectivity index (χ1n) is 4.29. The molecule has 70 valence electrons. The Morgan fingerprint density at radius 2 is 2.14 bits per heavy atom. The number of rotatable bonds is 1. The molecule has 0 unspecified atom stereocenters. The summed E-state index contributed by atoms with van der Waals surface area (Å²) in [6, 6.07) is 6.17. The van der Waals surface area contributed by atoms with Crippen molar-refractivity contribution in [1.29, 1.82) is 0 Å². The highest BCUT2D eigenvalue weighted by Crippen LogP contribution is 2.34. The van der Waals surface area contributed by atoms with Crippen molar-refractivity contribution in [1.82, 2.24) is 0 Å². The summed E-state index contributed by atoms with van der Waals surface area (Å²) >= 11 is 1.60. The van der Waals surface area contributed by atoms with Crippen LogP contribution < -0.4 is 4.74 Å². The molecule has 2 rings (SSSR count). The summed E-state index contributed by atoms with van der Waals surface area (Å²) < 4.78 is 6.44. The van der Waals surface area contributed by atoms with Gasteiger partial charge in [0.2, 0.25) is 0 Å². The molecule has 0 aliphatic carbocycles. The summed E-state index contributed by atoms with van der Waals surface area (Å²) in [6.45, 7) is 2.05. The zero-order valence-electron chi connectivity index (χ0n) is 8.13. The molecule has 0 N–H and O–H groups in total. The Balaban J connectivity index is 2.79. The van der Waals surface area contributed by atoms with Crippen molar-refractivity contribution in [2.24, 2.45) is 0 Å². The van der Waals surface area contributed by atoms with E-state index in [1.54, 1.807) is 18.4 Å². The number of methoxy groups -OCH3 is 1. The van der Waals surface area contributed by atoms with Gasteiger partial charge in [0.05, 0.1) is 16.7 Å². The molecule has 0 saturated heterocycles. The van der Waals surface area contributed by atoms with Crippen molar-refractivity contribution in [3.8, 4) is 18.1 Å². The molecule has 1 aromatic carbocycles. The van der Waals surface area contributed by atoms with Crippen LogP contribution >= 0.6 is 11.3 Å². The molecule has 0 aliphatic heterocycles. The first-order valence-corrected chi connectivity index (χ1v) is 5.11. The number of ether oxygens (including phenoxy) is 1. The minimum absolute atomic E-state index is 0.909. The van der Waals surface area contributed by atoms with Gasteiger partial charge < -0.3 is 4.74 Å². The predicted octanol–water partition coefficient (Wildman–Crippen LogP) is 3.20. The van der Waals surface area contributed by atoms with Gasteiger partial charge in [-0.1, -0.05) is 12.0 Å². The van der Waals surface area contributed by atoms with E-state index in [-0.39, 0.29) is 0 Å². The smallest absolute Gasteiger partial charge is 0.136 e. The van der Waals surface area contributed by atoms with Gasteiger partial charge in [0, 0.05) is 0 Å². The molecule has 0 amide bonds. The van der Waals surface area contributed by atoms with E-state index in [1.807, 2.05) is 12.1 Å². The third-order valence-electron chi connectivity index (χ3n) is 2.09. The lowest BCUT2D eigenvalue weighted by Crippen LogP contribution is -1.83. The van der Waals surface area contributed by atoms with E-state index in [2.05, 4.69) is 18.9 Å². The Kier molecular flexibility index (Phi) is 2.18. The molecule has 2 aromatic rings. The van der Waals surface area contributed by atoms with Crippen LogP contribution in [-0.2, 0) is 0 Å². The normalized spacial score (nSPS) is 10.1. The third-order valence-corrected chi connectivity index (χ3v) is 3.19. The molecule has 0 atom stereocenters. The van der Waals surface area contributed by atoms with Crippen LogP contribution in [0.25, 0.3) is 10.1 Å². The van der Waals surface area contributed by atoms with E-state index in [0.29, 0.717) is 0 Å². The van der Waals surface area contributed by atoms with E-state index in [9.17, 15) is 0 Å². The summed E-state index contributed by atoms with van der Waals surface area (Å²) in [4.78, 5) is 0.948. The molecule has 14 heavy (non-hydrogen) atoms. The maximum atomic E-state index is 5.36. The fourth-order valence-corrected chi connectivity index (χ4v) is 2.43. The average Bonchev–Trinajstić information content (AvgIpc) is 2.59. The Hall–Kier alpha value is -1.46. The molecule has 0 spiro atoms. The molecular weight excluding hydrogens is 192 g/mol. The van der Waals surface area contributed by atoms with E-state index in [0.717, 1.165) is 15.3 Å².